The maximum atomic E-state index is 11.3. The second-order valence-electron chi connectivity index (χ2n) is 5.65. The largest absolute Gasteiger partial charge is 0.343 e. The Bertz CT molecular complexity index is 1280. The van der Waals surface area contributed by atoms with Crippen molar-refractivity contribution in [2.75, 3.05) is 0 Å². The van der Waals surface area contributed by atoms with E-state index in [0.29, 0.717) is 4.57 Å². The summed E-state index contributed by atoms with van der Waals surface area (Å²) in [5, 5.41) is 8.46. The van der Waals surface area contributed by atoms with E-state index in [0.717, 1.165) is 0 Å². The van der Waals surface area contributed by atoms with Gasteiger partial charge in [0.25, 0.3) is 5.56 Å². The molecule has 4 aromatic rings. The van der Waals surface area contributed by atoms with Gasteiger partial charge in [0.1, 0.15) is 5.65 Å². The summed E-state index contributed by atoms with van der Waals surface area (Å²) in [6, 6.07) is 20.6. The molecule has 0 radical (unpaired) electrons. The van der Waals surface area contributed by atoms with Gasteiger partial charge in [-0.15, -0.1) is 0 Å². The van der Waals surface area contributed by atoms with E-state index < -0.39 is 16.9 Å². The van der Waals surface area contributed by atoms with E-state index in [9.17, 15) is 14.4 Å². The third-order valence-corrected chi connectivity index (χ3v) is 3.75. The van der Waals surface area contributed by atoms with Crippen molar-refractivity contribution in [3.63, 3.8) is 0 Å². The van der Waals surface area contributed by atoms with Crippen molar-refractivity contribution in [2.24, 2.45) is 0 Å². The van der Waals surface area contributed by atoms with Crippen molar-refractivity contribution in [3.8, 4) is 6.19 Å². The summed E-state index contributed by atoms with van der Waals surface area (Å²) in [6.45, 7) is 0. The molecule has 138 valence electrons. The Morgan fingerprint density at radius 1 is 0.786 bits per heavy atom. The lowest BCUT2D eigenvalue weighted by Crippen LogP contribution is -2.32. The summed E-state index contributed by atoms with van der Waals surface area (Å²) in [4.78, 5) is 39.7. The monoisotopic (exact) mass is 373 g/mol. The van der Waals surface area contributed by atoms with Crippen molar-refractivity contribution in [1.29, 1.82) is 5.26 Å². The fourth-order valence-corrected chi connectivity index (χ4v) is 2.42. The summed E-state index contributed by atoms with van der Waals surface area (Å²) in [7, 11) is 0. The van der Waals surface area contributed by atoms with Crippen LogP contribution in [-0.2, 0) is 0 Å². The van der Waals surface area contributed by atoms with E-state index in [1.54, 1.807) is 0 Å². The number of hydrogen-bond acceptors (Lipinski definition) is 4. The highest BCUT2D eigenvalue weighted by atomic mass is 16.2. The SMILES string of the molecule is C(=Cc1ccccc1)c1ccccc1.N#Cn1c(=O)[nH]c2[nH]c(=O)[nH]c2c1=O. The third-order valence-electron chi connectivity index (χ3n) is 3.75. The zero-order chi connectivity index (χ0) is 19.9. The molecule has 0 aliphatic heterocycles. The normalized spacial score (nSPS) is 10.4. The Hall–Kier alpha value is -4.38. The molecule has 0 atom stereocenters. The summed E-state index contributed by atoms with van der Waals surface area (Å²) >= 11 is 0. The molecule has 0 aliphatic carbocycles. The molecule has 8 heteroatoms. The number of nitriles is 1. The third kappa shape index (κ3) is 4.23. The average Bonchev–Trinajstić information content (AvgIpc) is 3.09. The summed E-state index contributed by atoms with van der Waals surface area (Å²) in [6.07, 6.45) is 5.63. The maximum absolute atomic E-state index is 11.3. The van der Waals surface area contributed by atoms with Crippen LogP contribution in [0.2, 0.25) is 0 Å². The fourth-order valence-electron chi connectivity index (χ4n) is 2.42. The molecule has 28 heavy (non-hydrogen) atoms. The topological polar surface area (TPSA) is 127 Å². The van der Waals surface area contributed by atoms with Gasteiger partial charge < -0.3 is 0 Å². The van der Waals surface area contributed by atoms with Crippen molar-refractivity contribution in [1.82, 2.24) is 19.5 Å². The number of imidazole rings is 1. The van der Waals surface area contributed by atoms with Crippen molar-refractivity contribution in [2.45, 2.75) is 0 Å². The Labute approximate surface area is 158 Å². The molecule has 0 spiro atoms. The highest BCUT2D eigenvalue weighted by Crippen LogP contribution is 2.06. The lowest BCUT2D eigenvalue weighted by molar-refractivity contribution is 0.911. The first-order chi connectivity index (χ1) is 13.6. The zero-order valence-electron chi connectivity index (χ0n) is 14.5. The zero-order valence-corrected chi connectivity index (χ0v) is 14.5. The second kappa shape index (κ2) is 8.33. The molecule has 0 bridgehead atoms. The van der Waals surface area contributed by atoms with Gasteiger partial charge in [0.15, 0.2) is 11.7 Å². The number of nitrogens with one attached hydrogen (secondary N) is 3. The summed E-state index contributed by atoms with van der Waals surface area (Å²) in [5.41, 5.74) is -0.0476. The van der Waals surface area contributed by atoms with Gasteiger partial charge in [-0.2, -0.15) is 9.83 Å². The van der Waals surface area contributed by atoms with Crippen LogP contribution in [0.15, 0.2) is 75.0 Å². The molecule has 0 fully saturated rings. The molecule has 0 aliphatic rings. The molecular formula is C20H15N5O3. The first-order valence-corrected chi connectivity index (χ1v) is 8.24. The molecule has 0 unspecified atom stereocenters. The van der Waals surface area contributed by atoms with Gasteiger partial charge >= 0.3 is 11.4 Å². The molecule has 0 saturated heterocycles. The highest BCUT2D eigenvalue weighted by Gasteiger charge is 2.08. The lowest BCUT2D eigenvalue weighted by Gasteiger charge is -1.92. The minimum atomic E-state index is -0.889. The van der Waals surface area contributed by atoms with E-state index in [1.807, 2.05) is 36.4 Å². The molecule has 3 N–H and O–H groups in total. The lowest BCUT2D eigenvalue weighted by atomic mass is 10.1. The van der Waals surface area contributed by atoms with Gasteiger partial charge in [-0.25, -0.2) is 9.59 Å². The van der Waals surface area contributed by atoms with E-state index in [1.165, 1.54) is 17.3 Å². The molecule has 2 aromatic heterocycles. The Balaban J connectivity index is 0.000000161. The summed E-state index contributed by atoms with van der Waals surface area (Å²) in [5.74, 6) is 0. The van der Waals surface area contributed by atoms with E-state index in [2.05, 4.69) is 51.4 Å². The van der Waals surface area contributed by atoms with Crippen LogP contribution in [0, 0.1) is 11.5 Å². The molecule has 4 rings (SSSR count). The van der Waals surface area contributed by atoms with Crippen LogP contribution in [0.4, 0.5) is 0 Å². The van der Waals surface area contributed by atoms with Gasteiger partial charge in [-0.05, 0) is 11.1 Å². The standard InChI is InChI=1S/C14H12.C6H3N5O3/c1-3-7-13(8-4-1)11-12-14-9-5-2-6-10-14;7-1-11-4(12)2-3(10-6(11)14)9-5(13)8-2/h1-12H;(H,10,14)(H2,8,9,13). The van der Waals surface area contributed by atoms with Crippen LogP contribution in [0.25, 0.3) is 23.3 Å². The number of aromatic nitrogens is 4. The molecule has 8 nitrogen and oxygen atoms in total. The average molecular weight is 373 g/mol. The first kappa shape index (κ1) is 18.4. The van der Waals surface area contributed by atoms with Crippen molar-refractivity contribution < 1.29 is 0 Å². The number of benzene rings is 2. The highest BCUT2D eigenvalue weighted by molar-refractivity contribution is 5.69. The number of rotatable bonds is 2. The van der Waals surface area contributed by atoms with E-state index in [-0.39, 0.29) is 11.2 Å². The van der Waals surface area contributed by atoms with Gasteiger partial charge in [-0.1, -0.05) is 72.8 Å². The molecule has 2 aromatic carbocycles. The van der Waals surface area contributed by atoms with E-state index >= 15 is 0 Å². The van der Waals surface area contributed by atoms with Gasteiger partial charge in [0, 0.05) is 0 Å². The van der Waals surface area contributed by atoms with Crippen LogP contribution < -0.4 is 16.9 Å². The minimum Gasteiger partial charge on any atom is -0.300 e. The van der Waals surface area contributed by atoms with Crippen molar-refractivity contribution >= 4 is 23.3 Å². The minimum absolute atomic E-state index is 0.0171. The molecule has 2 heterocycles. The predicted octanol–water partition coefficient (Wildman–Crippen LogP) is 1.89. The van der Waals surface area contributed by atoms with Crippen LogP contribution in [0.1, 0.15) is 11.1 Å². The molecule has 0 saturated carbocycles. The Morgan fingerprint density at radius 3 is 1.82 bits per heavy atom. The predicted molar refractivity (Wildman–Crippen MR) is 107 cm³/mol. The van der Waals surface area contributed by atoms with Crippen LogP contribution >= 0.6 is 0 Å². The number of H-pyrrole nitrogens is 3. The van der Waals surface area contributed by atoms with Crippen LogP contribution in [0.3, 0.4) is 0 Å². The van der Waals surface area contributed by atoms with Gasteiger partial charge in [-0.3, -0.25) is 19.7 Å². The van der Waals surface area contributed by atoms with Crippen molar-refractivity contribution in [3.05, 3.63) is 103 Å². The van der Waals surface area contributed by atoms with Gasteiger partial charge in [0.2, 0.25) is 0 Å². The number of aromatic amines is 3. The van der Waals surface area contributed by atoms with E-state index in [4.69, 9.17) is 5.26 Å². The number of hydrogen-bond donors (Lipinski definition) is 3. The fraction of sp³-hybridized carbons (Fsp3) is 0. The van der Waals surface area contributed by atoms with Gasteiger partial charge in [0.05, 0.1) is 0 Å². The number of fused-ring (bicyclic) bond motifs is 1. The van der Waals surface area contributed by atoms with Crippen LogP contribution in [0.5, 0.6) is 0 Å². The maximum Gasteiger partial charge on any atom is 0.343 e. The van der Waals surface area contributed by atoms with Crippen LogP contribution in [-0.4, -0.2) is 19.5 Å². The first-order valence-electron chi connectivity index (χ1n) is 8.24. The Morgan fingerprint density at radius 2 is 1.32 bits per heavy atom. The molecular weight excluding hydrogens is 358 g/mol. The second-order valence-corrected chi connectivity index (χ2v) is 5.65. The molecule has 0 amide bonds. The number of nitrogens with zero attached hydrogens (tertiary/aromatic N) is 2. The smallest absolute Gasteiger partial charge is 0.300 e. The quantitative estimate of drug-likeness (QED) is 0.464. The Kier molecular flexibility index (Phi) is 5.48. The summed E-state index contributed by atoms with van der Waals surface area (Å²) < 4.78 is 0.312.